The largest absolute Gasteiger partial charge is 0.466 e. The number of piperidine rings is 1. The Morgan fingerprint density at radius 3 is 2.71 bits per heavy atom. The molecule has 1 aliphatic heterocycles. The van der Waals surface area contributed by atoms with E-state index in [0.717, 1.165) is 61.2 Å². The second-order valence-electron chi connectivity index (χ2n) is 5.73. The highest BCUT2D eigenvalue weighted by Gasteiger charge is 2.20. The van der Waals surface area contributed by atoms with E-state index in [-0.39, 0.29) is 0 Å². The Labute approximate surface area is 125 Å². The highest BCUT2D eigenvalue weighted by molar-refractivity contribution is 5.62. The van der Waals surface area contributed by atoms with Crippen LogP contribution in [0.2, 0.25) is 0 Å². The van der Waals surface area contributed by atoms with E-state index in [4.69, 9.17) is 15.1 Å². The number of rotatable bonds is 3. The third-order valence-corrected chi connectivity index (χ3v) is 4.19. The fourth-order valence-electron chi connectivity index (χ4n) is 2.90. The molecular formula is C16H22N4O. The van der Waals surface area contributed by atoms with Crippen molar-refractivity contribution in [3.8, 4) is 11.3 Å². The summed E-state index contributed by atoms with van der Waals surface area (Å²) in [4.78, 5) is 11.4. The Morgan fingerprint density at radius 1 is 1.33 bits per heavy atom. The van der Waals surface area contributed by atoms with Crippen molar-refractivity contribution < 1.29 is 4.42 Å². The number of anilines is 1. The van der Waals surface area contributed by atoms with E-state index in [1.54, 1.807) is 0 Å². The van der Waals surface area contributed by atoms with E-state index in [1.165, 1.54) is 0 Å². The molecule has 5 heteroatoms. The van der Waals surface area contributed by atoms with Crippen LogP contribution in [0.4, 0.5) is 5.95 Å². The number of hydrogen-bond donors (Lipinski definition) is 1. The van der Waals surface area contributed by atoms with Crippen molar-refractivity contribution in [3.05, 3.63) is 29.9 Å². The normalized spacial score (nSPS) is 16.4. The van der Waals surface area contributed by atoms with E-state index in [1.807, 2.05) is 32.2 Å². The molecule has 0 unspecified atom stereocenters. The Bertz CT molecular complexity index is 614. The molecule has 2 N–H and O–H groups in total. The molecule has 2 aromatic heterocycles. The summed E-state index contributed by atoms with van der Waals surface area (Å²) in [5.41, 5.74) is 7.72. The molecule has 0 bridgehead atoms. The number of aromatic nitrogens is 2. The van der Waals surface area contributed by atoms with Crippen LogP contribution in [0.3, 0.4) is 0 Å². The fourth-order valence-corrected chi connectivity index (χ4v) is 2.90. The molecule has 0 aliphatic carbocycles. The molecule has 0 aromatic carbocycles. The first-order valence-corrected chi connectivity index (χ1v) is 7.53. The minimum Gasteiger partial charge on any atom is -0.466 e. The van der Waals surface area contributed by atoms with Gasteiger partial charge < -0.3 is 15.1 Å². The van der Waals surface area contributed by atoms with Gasteiger partial charge in [0, 0.05) is 24.8 Å². The van der Waals surface area contributed by atoms with Crippen LogP contribution < -0.4 is 10.6 Å². The van der Waals surface area contributed by atoms with Gasteiger partial charge in [0.25, 0.3) is 0 Å². The van der Waals surface area contributed by atoms with Crippen LogP contribution in [0.5, 0.6) is 0 Å². The van der Waals surface area contributed by atoms with Gasteiger partial charge in [-0.05, 0) is 51.3 Å². The number of hydrogen-bond acceptors (Lipinski definition) is 5. The van der Waals surface area contributed by atoms with Crippen molar-refractivity contribution >= 4 is 5.95 Å². The standard InChI is InChI=1S/C16H22N4O/c1-11-9-14(12(2)21-11)15-3-6-18-16(19-15)20-7-4-13(10-17)5-8-20/h3,6,9,13H,4-5,7-8,10,17H2,1-2H3. The van der Waals surface area contributed by atoms with Crippen molar-refractivity contribution in [3.63, 3.8) is 0 Å². The Morgan fingerprint density at radius 2 is 2.10 bits per heavy atom. The number of nitrogens with two attached hydrogens (primary N) is 1. The molecule has 0 radical (unpaired) electrons. The first-order chi connectivity index (χ1) is 10.2. The molecule has 3 rings (SSSR count). The maximum absolute atomic E-state index is 5.75. The minimum absolute atomic E-state index is 0.642. The number of nitrogens with zero attached hydrogens (tertiary/aromatic N) is 3. The minimum atomic E-state index is 0.642. The van der Waals surface area contributed by atoms with Gasteiger partial charge in [0.05, 0.1) is 5.69 Å². The molecule has 3 heterocycles. The predicted octanol–water partition coefficient (Wildman–Crippen LogP) is 2.53. The lowest BCUT2D eigenvalue weighted by atomic mass is 9.97. The summed E-state index contributed by atoms with van der Waals surface area (Å²) < 4.78 is 5.59. The van der Waals surface area contributed by atoms with Crippen molar-refractivity contribution in [2.45, 2.75) is 26.7 Å². The van der Waals surface area contributed by atoms with Crippen molar-refractivity contribution in [2.75, 3.05) is 24.5 Å². The van der Waals surface area contributed by atoms with Gasteiger partial charge in [0.1, 0.15) is 11.5 Å². The Hall–Kier alpha value is -1.88. The first kappa shape index (κ1) is 14.1. The molecule has 112 valence electrons. The molecule has 5 nitrogen and oxygen atoms in total. The zero-order valence-electron chi connectivity index (χ0n) is 12.7. The molecule has 0 spiro atoms. The highest BCUT2D eigenvalue weighted by atomic mass is 16.3. The van der Waals surface area contributed by atoms with Gasteiger partial charge in [-0.15, -0.1) is 0 Å². The molecule has 0 amide bonds. The summed E-state index contributed by atoms with van der Waals surface area (Å²) >= 11 is 0. The quantitative estimate of drug-likeness (QED) is 0.939. The molecule has 1 fully saturated rings. The van der Waals surface area contributed by atoms with E-state index in [2.05, 4.69) is 9.88 Å². The molecule has 0 atom stereocenters. The van der Waals surface area contributed by atoms with Crippen LogP contribution in [-0.2, 0) is 0 Å². The van der Waals surface area contributed by atoms with Crippen LogP contribution >= 0.6 is 0 Å². The van der Waals surface area contributed by atoms with Gasteiger partial charge in [-0.3, -0.25) is 0 Å². The van der Waals surface area contributed by atoms with Crippen molar-refractivity contribution in [2.24, 2.45) is 11.7 Å². The fraction of sp³-hybridized carbons (Fsp3) is 0.500. The summed E-state index contributed by atoms with van der Waals surface area (Å²) in [6, 6.07) is 3.97. The monoisotopic (exact) mass is 286 g/mol. The third kappa shape index (κ3) is 2.93. The molecule has 2 aromatic rings. The lowest BCUT2D eigenvalue weighted by Crippen LogP contribution is -2.37. The summed E-state index contributed by atoms with van der Waals surface area (Å²) in [5.74, 6) is 3.26. The molecular weight excluding hydrogens is 264 g/mol. The van der Waals surface area contributed by atoms with E-state index in [0.29, 0.717) is 5.92 Å². The number of aryl methyl sites for hydroxylation is 2. The van der Waals surface area contributed by atoms with Gasteiger partial charge in [-0.2, -0.15) is 0 Å². The van der Waals surface area contributed by atoms with Crippen molar-refractivity contribution in [1.29, 1.82) is 0 Å². The molecule has 0 saturated carbocycles. The number of furan rings is 1. The Balaban J connectivity index is 1.82. The lowest BCUT2D eigenvalue weighted by molar-refractivity contribution is 0.411. The average Bonchev–Trinajstić information content (AvgIpc) is 2.86. The summed E-state index contributed by atoms with van der Waals surface area (Å²) in [7, 11) is 0. The topological polar surface area (TPSA) is 68.2 Å². The Kier molecular flexibility index (Phi) is 3.92. The smallest absolute Gasteiger partial charge is 0.225 e. The molecule has 1 aliphatic rings. The van der Waals surface area contributed by atoms with Crippen molar-refractivity contribution in [1.82, 2.24) is 9.97 Å². The molecule has 21 heavy (non-hydrogen) atoms. The first-order valence-electron chi connectivity index (χ1n) is 7.53. The summed E-state index contributed by atoms with van der Waals surface area (Å²) in [6.45, 7) is 6.67. The van der Waals surface area contributed by atoms with Crippen LogP contribution in [0.1, 0.15) is 24.4 Å². The van der Waals surface area contributed by atoms with E-state index >= 15 is 0 Å². The predicted molar refractivity (Wildman–Crippen MR) is 83.2 cm³/mol. The van der Waals surface area contributed by atoms with Crippen LogP contribution in [0.25, 0.3) is 11.3 Å². The second kappa shape index (κ2) is 5.85. The average molecular weight is 286 g/mol. The molecule has 1 saturated heterocycles. The maximum atomic E-state index is 5.75. The van der Waals surface area contributed by atoms with Crippen LogP contribution in [-0.4, -0.2) is 29.6 Å². The highest BCUT2D eigenvalue weighted by Crippen LogP contribution is 2.27. The zero-order valence-corrected chi connectivity index (χ0v) is 12.7. The van der Waals surface area contributed by atoms with Gasteiger partial charge in [-0.25, -0.2) is 9.97 Å². The second-order valence-corrected chi connectivity index (χ2v) is 5.73. The van der Waals surface area contributed by atoms with Crippen LogP contribution in [0, 0.1) is 19.8 Å². The van der Waals surface area contributed by atoms with Gasteiger partial charge >= 0.3 is 0 Å². The van der Waals surface area contributed by atoms with E-state index < -0.39 is 0 Å². The summed E-state index contributed by atoms with van der Waals surface area (Å²) in [6.07, 6.45) is 4.07. The van der Waals surface area contributed by atoms with Gasteiger partial charge in [0.2, 0.25) is 5.95 Å². The van der Waals surface area contributed by atoms with Gasteiger partial charge in [-0.1, -0.05) is 0 Å². The summed E-state index contributed by atoms with van der Waals surface area (Å²) in [5, 5.41) is 0. The van der Waals surface area contributed by atoms with Gasteiger partial charge in [0.15, 0.2) is 0 Å². The third-order valence-electron chi connectivity index (χ3n) is 4.19. The zero-order chi connectivity index (χ0) is 14.8. The van der Waals surface area contributed by atoms with Crippen LogP contribution in [0.15, 0.2) is 22.7 Å². The SMILES string of the molecule is Cc1cc(-c2ccnc(N3CCC(CN)CC3)n2)c(C)o1. The van der Waals surface area contributed by atoms with E-state index in [9.17, 15) is 0 Å². The maximum Gasteiger partial charge on any atom is 0.225 e. The lowest BCUT2D eigenvalue weighted by Gasteiger charge is -2.31.